The number of fused-ring (bicyclic) bond motifs is 2. The van der Waals surface area contributed by atoms with Gasteiger partial charge in [0.15, 0.2) is 11.5 Å². The lowest BCUT2D eigenvalue weighted by Gasteiger charge is -2.34. The third kappa shape index (κ3) is 5.87. The van der Waals surface area contributed by atoms with Crippen LogP contribution in [0, 0.1) is 0 Å². The number of aromatic nitrogens is 3. The Morgan fingerprint density at radius 2 is 1.72 bits per heavy atom. The molecule has 39 heavy (non-hydrogen) atoms. The van der Waals surface area contributed by atoms with Crippen LogP contribution in [0.4, 0.5) is 0 Å². The monoisotopic (exact) mass is 527 g/mol. The highest BCUT2D eigenvalue weighted by molar-refractivity contribution is 5.89. The fraction of sp³-hybridized carbons (Fsp3) is 0.333. The van der Waals surface area contributed by atoms with Crippen LogP contribution < -0.4 is 14.8 Å². The Kier molecular flexibility index (Phi) is 7.24. The van der Waals surface area contributed by atoms with Crippen molar-refractivity contribution in [2.24, 2.45) is 0 Å². The van der Waals surface area contributed by atoms with Crippen LogP contribution in [0.5, 0.6) is 11.5 Å². The van der Waals surface area contributed by atoms with E-state index < -0.39 is 11.6 Å². The van der Waals surface area contributed by atoms with Crippen LogP contribution in [0.15, 0.2) is 66.7 Å². The van der Waals surface area contributed by atoms with Gasteiger partial charge in [-0.05, 0) is 68.1 Å². The summed E-state index contributed by atoms with van der Waals surface area (Å²) in [6.45, 7) is 8.12. The molecule has 0 saturated carbocycles. The van der Waals surface area contributed by atoms with E-state index in [1.54, 1.807) is 9.58 Å². The second kappa shape index (κ2) is 10.8. The molecule has 0 unspecified atom stereocenters. The highest BCUT2D eigenvalue weighted by atomic mass is 16.7. The summed E-state index contributed by atoms with van der Waals surface area (Å²) in [7, 11) is 0. The lowest BCUT2D eigenvalue weighted by atomic mass is 9.99. The van der Waals surface area contributed by atoms with Crippen molar-refractivity contribution in [1.29, 1.82) is 0 Å². The minimum absolute atomic E-state index is 0.0720. The fourth-order valence-electron chi connectivity index (χ4n) is 4.66. The molecule has 9 nitrogen and oxygen atoms in total. The van der Waals surface area contributed by atoms with Gasteiger partial charge in [0.05, 0.1) is 5.52 Å². The Balaban J connectivity index is 1.56. The molecule has 9 heteroatoms. The van der Waals surface area contributed by atoms with E-state index in [9.17, 15) is 9.59 Å². The molecule has 0 aliphatic carbocycles. The molecule has 1 aromatic heterocycles. The van der Waals surface area contributed by atoms with Crippen LogP contribution in [0.2, 0.25) is 0 Å². The lowest BCUT2D eigenvalue weighted by Crippen LogP contribution is -2.49. The van der Waals surface area contributed by atoms with Crippen LogP contribution in [-0.4, -0.2) is 44.0 Å². The van der Waals surface area contributed by atoms with Gasteiger partial charge < -0.3 is 19.7 Å². The maximum Gasteiger partial charge on any atom is 0.247 e. The Morgan fingerprint density at radius 3 is 2.46 bits per heavy atom. The summed E-state index contributed by atoms with van der Waals surface area (Å²) in [6.07, 6.45) is 0.873. The number of carbonyl (C=O) groups is 2. The van der Waals surface area contributed by atoms with Crippen LogP contribution in [0.25, 0.3) is 11.0 Å². The minimum Gasteiger partial charge on any atom is -0.454 e. The number of rotatable bonds is 8. The van der Waals surface area contributed by atoms with Crippen LogP contribution >= 0.6 is 0 Å². The second-order valence-electron chi connectivity index (χ2n) is 10.7. The summed E-state index contributed by atoms with van der Waals surface area (Å²) in [4.78, 5) is 29.6. The first-order chi connectivity index (χ1) is 18.7. The van der Waals surface area contributed by atoms with Crippen molar-refractivity contribution in [3.05, 3.63) is 83.4 Å². The van der Waals surface area contributed by atoms with Crippen molar-refractivity contribution < 1.29 is 19.1 Å². The molecule has 2 amide bonds. The number of carbonyl (C=O) groups excluding carboxylic acids is 2. The number of para-hydroxylation sites is 1. The van der Waals surface area contributed by atoms with Gasteiger partial charge in [0.25, 0.3) is 0 Å². The summed E-state index contributed by atoms with van der Waals surface area (Å²) in [5.41, 5.74) is 3.65. The van der Waals surface area contributed by atoms with E-state index in [0.29, 0.717) is 17.0 Å². The molecule has 202 valence electrons. The number of hydrogen-bond donors (Lipinski definition) is 1. The van der Waals surface area contributed by atoms with Gasteiger partial charge in [-0.15, -0.1) is 5.10 Å². The average Bonchev–Trinajstić information content (AvgIpc) is 3.54. The number of benzene rings is 3. The van der Waals surface area contributed by atoms with E-state index in [0.717, 1.165) is 28.6 Å². The summed E-state index contributed by atoms with van der Waals surface area (Å²) in [5.74, 6) is 0.745. The van der Waals surface area contributed by atoms with Crippen molar-refractivity contribution in [3.8, 4) is 11.5 Å². The minimum atomic E-state index is -0.872. The molecule has 1 aliphatic heterocycles. The van der Waals surface area contributed by atoms with Crippen LogP contribution in [0.1, 0.15) is 50.4 Å². The zero-order valence-electron chi connectivity index (χ0n) is 22.7. The van der Waals surface area contributed by atoms with E-state index in [1.807, 2.05) is 87.5 Å². The molecule has 1 aliphatic rings. The summed E-state index contributed by atoms with van der Waals surface area (Å²) < 4.78 is 12.6. The number of amides is 2. The molecular formula is C30H33N5O4. The molecule has 0 bridgehead atoms. The van der Waals surface area contributed by atoms with Crippen molar-refractivity contribution >= 4 is 22.8 Å². The predicted molar refractivity (Wildman–Crippen MR) is 147 cm³/mol. The normalized spacial score (nSPS) is 13.3. The van der Waals surface area contributed by atoms with Crippen LogP contribution in [0.3, 0.4) is 0 Å². The van der Waals surface area contributed by atoms with Gasteiger partial charge in [0.1, 0.15) is 18.1 Å². The maximum atomic E-state index is 14.1. The molecule has 2 heterocycles. The van der Waals surface area contributed by atoms with E-state index in [2.05, 4.69) is 22.6 Å². The van der Waals surface area contributed by atoms with Gasteiger partial charge in [0, 0.05) is 12.1 Å². The molecular weight excluding hydrogens is 494 g/mol. The van der Waals surface area contributed by atoms with Gasteiger partial charge in [-0.2, -0.15) is 0 Å². The molecule has 5 rings (SSSR count). The largest absolute Gasteiger partial charge is 0.454 e. The quantitative estimate of drug-likeness (QED) is 0.365. The predicted octanol–water partition coefficient (Wildman–Crippen LogP) is 4.41. The van der Waals surface area contributed by atoms with Gasteiger partial charge in [-0.3, -0.25) is 9.59 Å². The highest BCUT2D eigenvalue weighted by Gasteiger charge is 2.34. The maximum absolute atomic E-state index is 14.1. The Hall–Kier alpha value is -4.40. The molecule has 1 atom stereocenters. The van der Waals surface area contributed by atoms with Crippen molar-refractivity contribution in [2.45, 2.75) is 58.8 Å². The SMILES string of the molecule is CCc1ccc([C@@H](C(=O)NC(C)(C)C)N(Cc2ccc3c(c2)OCO3)C(=O)Cn2nnc3ccccc32)cc1. The van der Waals surface area contributed by atoms with Crippen LogP contribution in [-0.2, 0) is 29.1 Å². The molecule has 0 saturated heterocycles. The topological polar surface area (TPSA) is 98.6 Å². The fourth-order valence-corrected chi connectivity index (χ4v) is 4.66. The summed E-state index contributed by atoms with van der Waals surface area (Å²) in [6, 6.07) is 20.0. The molecule has 3 aromatic carbocycles. The third-order valence-electron chi connectivity index (χ3n) is 6.58. The Bertz CT molecular complexity index is 1490. The average molecular weight is 528 g/mol. The first-order valence-electron chi connectivity index (χ1n) is 13.1. The molecule has 0 spiro atoms. The second-order valence-corrected chi connectivity index (χ2v) is 10.7. The number of hydrogen-bond acceptors (Lipinski definition) is 6. The van der Waals surface area contributed by atoms with Gasteiger partial charge in [0.2, 0.25) is 18.6 Å². The highest BCUT2D eigenvalue weighted by Crippen LogP contribution is 2.34. The van der Waals surface area contributed by atoms with E-state index in [-0.39, 0.29) is 31.7 Å². The van der Waals surface area contributed by atoms with Crippen molar-refractivity contribution in [1.82, 2.24) is 25.2 Å². The standard InChI is InChI=1S/C30H33N5O4/c1-5-20-10-13-22(14-11-20)28(29(37)31-30(2,3)4)34(17-21-12-15-25-26(16-21)39-19-38-25)27(36)18-35-24-9-7-6-8-23(24)32-33-35/h6-16,28H,5,17-19H2,1-4H3,(H,31,37)/t28-/m0/s1. The zero-order chi connectivity index (χ0) is 27.6. The Morgan fingerprint density at radius 1 is 1.00 bits per heavy atom. The molecule has 0 fully saturated rings. The smallest absolute Gasteiger partial charge is 0.247 e. The number of nitrogens with one attached hydrogen (secondary N) is 1. The molecule has 1 N–H and O–H groups in total. The van der Waals surface area contributed by atoms with Gasteiger partial charge in [-0.1, -0.05) is 54.6 Å². The van der Waals surface area contributed by atoms with Crippen molar-refractivity contribution in [2.75, 3.05) is 6.79 Å². The molecule has 4 aromatic rings. The Labute approximate surface area is 227 Å². The molecule has 0 radical (unpaired) electrons. The van der Waals surface area contributed by atoms with E-state index in [1.165, 1.54) is 0 Å². The van der Waals surface area contributed by atoms with E-state index >= 15 is 0 Å². The van der Waals surface area contributed by atoms with Gasteiger partial charge in [-0.25, -0.2) is 4.68 Å². The van der Waals surface area contributed by atoms with Crippen molar-refractivity contribution in [3.63, 3.8) is 0 Å². The number of nitrogens with zero attached hydrogens (tertiary/aromatic N) is 4. The zero-order valence-corrected chi connectivity index (χ0v) is 22.7. The first-order valence-corrected chi connectivity index (χ1v) is 13.1. The number of aryl methyl sites for hydroxylation is 1. The van der Waals surface area contributed by atoms with Gasteiger partial charge >= 0.3 is 0 Å². The third-order valence-corrected chi connectivity index (χ3v) is 6.58. The summed E-state index contributed by atoms with van der Waals surface area (Å²) >= 11 is 0. The summed E-state index contributed by atoms with van der Waals surface area (Å²) in [5, 5.41) is 11.5. The lowest BCUT2D eigenvalue weighted by molar-refractivity contribution is -0.142. The first kappa shape index (κ1) is 26.2. The number of ether oxygens (including phenoxy) is 2. The van der Waals surface area contributed by atoms with E-state index in [4.69, 9.17) is 9.47 Å².